The zero-order valence-electron chi connectivity index (χ0n) is 8.92. The van der Waals surface area contributed by atoms with Crippen molar-refractivity contribution in [1.82, 2.24) is 0 Å². The van der Waals surface area contributed by atoms with Crippen LogP contribution in [-0.2, 0) is 0 Å². The number of hydrogen-bond acceptors (Lipinski definition) is 2. The average molecular weight is 325 g/mol. The fourth-order valence-corrected chi connectivity index (χ4v) is 1.97. The molecule has 3 N–H and O–H groups in total. The molecule has 2 atom stereocenters. The third-order valence-corrected chi connectivity index (χ3v) is 2.89. The van der Waals surface area contributed by atoms with Crippen LogP contribution in [0.4, 0.5) is 13.2 Å². The Hall–Kier alpha value is -0.200. The van der Waals surface area contributed by atoms with Crippen LogP contribution in [0.3, 0.4) is 0 Å². The van der Waals surface area contributed by atoms with Crippen LogP contribution in [0.2, 0.25) is 10.0 Å². The zero-order chi connectivity index (χ0) is 13.2. The molecule has 1 rings (SSSR count). The molecule has 0 aliphatic carbocycles. The molecule has 0 radical (unpaired) electrons. The summed E-state index contributed by atoms with van der Waals surface area (Å²) in [5.74, 6) is 0. The molecule has 8 heteroatoms. The molecule has 0 fully saturated rings. The molecule has 0 saturated heterocycles. The molecule has 2 nitrogen and oxygen atoms in total. The molecule has 0 bridgehead atoms. The lowest BCUT2D eigenvalue weighted by Crippen LogP contribution is -2.38. The first kappa shape index (κ1) is 17.8. The summed E-state index contributed by atoms with van der Waals surface area (Å²) >= 11 is 11.5. The summed E-state index contributed by atoms with van der Waals surface area (Å²) in [6, 6.07) is 2.28. The van der Waals surface area contributed by atoms with E-state index in [-0.39, 0.29) is 28.0 Å². The highest BCUT2D eigenvalue weighted by atomic mass is 35.5. The maximum atomic E-state index is 12.2. The van der Waals surface area contributed by atoms with Crippen LogP contribution in [0.1, 0.15) is 18.1 Å². The monoisotopic (exact) mass is 323 g/mol. The Morgan fingerprint density at radius 2 is 1.67 bits per heavy atom. The number of hydrogen-bond donors (Lipinski definition) is 2. The number of aliphatic hydroxyl groups excluding tert-OH is 1. The quantitative estimate of drug-likeness (QED) is 0.890. The standard InChI is InChI=1S/C10H10Cl2F3NO.ClH/c11-5-2-1-3-6(12)9(5)7(17)4-8(16)10(13,14)15;/h1-3,7-8,17H,4,16H2;1H/t7-,8+;/m1./s1. The molecule has 0 aromatic heterocycles. The van der Waals surface area contributed by atoms with Crippen molar-refractivity contribution in [2.45, 2.75) is 24.7 Å². The molecular weight excluding hydrogens is 313 g/mol. The summed E-state index contributed by atoms with van der Waals surface area (Å²) in [4.78, 5) is 0. The Bertz CT molecular complexity index is 380. The van der Waals surface area contributed by atoms with Crippen LogP contribution < -0.4 is 5.73 Å². The SMILES string of the molecule is Cl.N[C@@H](C[C@@H](O)c1c(Cl)cccc1Cl)C(F)(F)F. The molecule has 104 valence electrons. The van der Waals surface area contributed by atoms with E-state index in [1.54, 1.807) is 0 Å². The van der Waals surface area contributed by atoms with Crippen molar-refractivity contribution in [2.24, 2.45) is 5.73 Å². The molecule has 18 heavy (non-hydrogen) atoms. The Morgan fingerprint density at radius 1 is 1.22 bits per heavy atom. The van der Waals surface area contributed by atoms with E-state index < -0.39 is 24.7 Å². The second kappa shape index (κ2) is 6.82. The van der Waals surface area contributed by atoms with E-state index in [1.807, 2.05) is 0 Å². The van der Waals surface area contributed by atoms with Gasteiger partial charge in [-0.2, -0.15) is 13.2 Å². The number of alkyl halides is 3. The first-order chi connectivity index (χ1) is 7.73. The predicted octanol–water partition coefficient (Wildman–Crippen LogP) is 3.73. The first-order valence-corrected chi connectivity index (χ1v) is 5.43. The van der Waals surface area contributed by atoms with Crippen LogP contribution in [0.5, 0.6) is 0 Å². The third-order valence-electron chi connectivity index (χ3n) is 2.23. The maximum Gasteiger partial charge on any atom is 0.403 e. The first-order valence-electron chi connectivity index (χ1n) is 4.67. The average Bonchev–Trinajstić information content (AvgIpc) is 2.15. The number of benzene rings is 1. The van der Waals surface area contributed by atoms with Crippen LogP contribution in [0.15, 0.2) is 18.2 Å². The molecule has 0 spiro atoms. The minimum atomic E-state index is -4.56. The number of halogens is 6. The Kier molecular flexibility index (Phi) is 6.74. The van der Waals surface area contributed by atoms with Gasteiger partial charge in [-0.15, -0.1) is 12.4 Å². The molecule has 0 heterocycles. The van der Waals surface area contributed by atoms with Crippen molar-refractivity contribution < 1.29 is 18.3 Å². The molecule has 1 aromatic rings. The fraction of sp³-hybridized carbons (Fsp3) is 0.400. The van der Waals surface area contributed by atoms with Crippen molar-refractivity contribution in [3.63, 3.8) is 0 Å². The lowest BCUT2D eigenvalue weighted by atomic mass is 10.0. The summed E-state index contributed by atoms with van der Waals surface area (Å²) in [6.45, 7) is 0. The van der Waals surface area contributed by atoms with E-state index in [0.29, 0.717) is 0 Å². The molecule has 0 aliphatic heterocycles. The number of aliphatic hydroxyl groups is 1. The predicted molar refractivity (Wildman–Crippen MR) is 67.3 cm³/mol. The summed E-state index contributed by atoms with van der Waals surface area (Å²) < 4.78 is 36.7. The lowest BCUT2D eigenvalue weighted by molar-refractivity contribution is -0.153. The Balaban J connectivity index is 0.00000289. The normalized spacial score (nSPS) is 14.8. The van der Waals surface area contributed by atoms with E-state index in [4.69, 9.17) is 28.9 Å². The van der Waals surface area contributed by atoms with E-state index >= 15 is 0 Å². The van der Waals surface area contributed by atoms with Gasteiger partial charge in [-0.3, -0.25) is 0 Å². The molecule has 0 saturated carbocycles. The van der Waals surface area contributed by atoms with Crippen LogP contribution in [0.25, 0.3) is 0 Å². The van der Waals surface area contributed by atoms with Gasteiger partial charge in [-0.25, -0.2) is 0 Å². The van der Waals surface area contributed by atoms with E-state index in [9.17, 15) is 18.3 Å². The Labute approximate surface area is 118 Å². The van der Waals surface area contributed by atoms with E-state index in [0.717, 1.165) is 0 Å². The molecule has 0 aliphatic rings. The minimum Gasteiger partial charge on any atom is -0.388 e. The van der Waals surface area contributed by atoms with Gasteiger partial charge in [0.1, 0.15) is 6.04 Å². The van der Waals surface area contributed by atoms with Gasteiger partial charge in [-0.05, 0) is 12.1 Å². The maximum absolute atomic E-state index is 12.2. The van der Waals surface area contributed by atoms with Crippen LogP contribution in [0, 0.1) is 0 Å². The highest BCUT2D eigenvalue weighted by Gasteiger charge is 2.38. The van der Waals surface area contributed by atoms with Gasteiger partial charge in [0.25, 0.3) is 0 Å². The summed E-state index contributed by atoms with van der Waals surface area (Å²) in [5, 5.41) is 9.89. The summed E-state index contributed by atoms with van der Waals surface area (Å²) in [6.07, 6.45) is -6.70. The van der Waals surface area contributed by atoms with Gasteiger partial charge >= 0.3 is 6.18 Å². The minimum absolute atomic E-state index is 0. The lowest BCUT2D eigenvalue weighted by Gasteiger charge is -2.20. The second-order valence-electron chi connectivity index (χ2n) is 3.53. The van der Waals surface area contributed by atoms with Gasteiger partial charge in [0, 0.05) is 22.0 Å². The molecule has 1 aromatic carbocycles. The third kappa shape index (κ3) is 4.48. The molecular formula is C10H11Cl3F3NO. The van der Waals surface area contributed by atoms with Gasteiger partial charge in [0.2, 0.25) is 0 Å². The summed E-state index contributed by atoms with van der Waals surface area (Å²) in [7, 11) is 0. The van der Waals surface area contributed by atoms with Crippen LogP contribution >= 0.6 is 35.6 Å². The van der Waals surface area contributed by atoms with Crippen molar-refractivity contribution in [2.75, 3.05) is 0 Å². The number of nitrogens with two attached hydrogens (primary N) is 1. The smallest absolute Gasteiger partial charge is 0.388 e. The van der Waals surface area contributed by atoms with Crippen molar-refractivity contribution in [3.05, 3.63) is 33.8 Å². The summed E-state index contributed by atoms with van der Waals surface area (Å²) in [5.41, 5.74) is 4.98. The largest absolute Gasteiger partial charge is 0.403 e. The van der Waals surface area contributed by atoms with Gasteiger partial charge < -0.3 is 10.8 Å². The Morgan fingerprint density at radius 3 is 2.06 bits per heavy atom. The van der Waals surface area contributed by atoms with E-state index in [2.05, 4.69) is 0 Å². The van der Waals surface area contributed by atoms with Gasteiger partial charge in [0.05, 0.1) is 6.10 Å². The highest BCUT2D eigenvalue weighted by molar-refractivity contribution is 6.36. The fourth-order valence-electron chi connectivity index (χ4n) is 1.32. The van der Waals surface area contributed by atoms with Gasteiger partial charge in [0.15, 0.2) is 0 Å². The zero-order valence-corrected chi connectivity index (χ0v) is 11.2. The topological polar surface area (TPSA) is 46.2 Å². The molecule has 0 amide bonds. The number of rotatable bonds is 3. The van der Waals surface area contributed by atoms with E-state index in [1.165, 1.54) is 18.2 Å². The molecule has 0 unspecified atom stereocenters. The second-order valence-corrected chi connectivity index (χ2v) is 4.35. The highest BCUT2D eigenvalue weighted by Crippen LogP contribution is 2.34. The van der Waals surface area contributed by atoms with Crippen molar-refractivity contribution in [3.8, 4) is 0 Å². The van der Waals surface area contributed by atoms with Crippen molar-refractivity contribution >= 4 is 35.6 Å². The van der Waals surface area contributed by atoms with Gasteiger partial charge in [-0.1, -0.05) is 29.3 Å². The van der Waals surface area contributed by atoms with Crippen molar-refractivity contribution in [1.29, 1.82) is 0 Å². The van der Waals surface area contributed by atoms with Crippen LogP contribution in [-0.4, -0.2) is 17.3 Å².